The van der Waals surface area contributed by atoms with Crippen molar-refractivity contribution in [3.63, 3.8) is 0 Å². The molecule has 1 heterocycles. The number of benzene rings is 1. The Hall–Kier alpha value is -0.670. The lowest BCUT2D eigenvalue weighted by Crippen LogP contribution is -2.18. The van der Waals surface area contributed by atoms with Gasteiger partial charge in [0, 0.05) is 0 Å². The number of aromatic hydroxyl groups is 1. The van der Waals surface area contributed by atoms with Crippen molar-refractivity contribution in [3.05, 3.63) is 29.8 Å². The molecule has 0 bridgehead atoms. The highest BCUT2D eigenvalue weighted by Crippen LogP contribution is 2.33. The third-order valence-electron chi connectivity index (χ3n) is 2.88. The van der Waals surface area contributed by atoms with Crippen LogP contribution in [-0.2, 0) is 0 Å². The van der Waals surface area contributed by atoms with Gasteiger partial charge >= 0.3 is 0 Å². The summed E-state index contributed by atoms with van der Waals surface area (Å²) in [4.78, 5) is 0. The number of thioether (sulfide) groups is 1. The van der Waals surface area contributed by atoms with Crippen LogP contribution < -0.4 is 0 Å². The zero-order chi connectivity index (χ0) is 10.7. The van der Waals surface area contributed by atoms with Crippen LogP contribution in [0.5, 0.6) is 5.75 Å². The van der Waals surface area contributed by atoms with Gasteiger partial charge < -0.3 is 10.2 Å². The van der Waals surface area contributed by atoms with E-state index in [0.717, 1.165) is 17.7 Å². The molecule has 1 aromatic carbocycles. The van der Waals surface area contributed by atoms with Crippen LogP contribution in [0.15, 0.2) is 24.3 Å². The molecule has 2 N–H and O–H groups in total. The Balaban J connectivity index is 2.05. The molecule has 2 unspecified atom stereocenters. The van der Waals surface area contributed by atoms with Gasteiger partial charge in [-0.2, -0.15) is 11.8 Å². The molecular weight excluding hydrogens is 208 g/mol. The van der Waals surface area contributed by atoms with E-state index in [0.29, 0.717) is 5.92 Å². The van der Waals surface area contributed by atoms with Crippen molar-refractivity contribution in [3.8, 4) is 5.75 Å². The Morgan fingerprint density at radius 3 is 2.60 bits per heavy atom. The van der Waals surface area contributed by atoms with Crippen molar-refractivity contribution < 1.29 is 10.2 Å². The SMILES string of the molecule is Oc1ccc(C(O)C2CCCSC2)cc1. The zero-order valence-electron chi connectivity index (χ0n) is 8.60. The topological polar surface area (TPSA) is 40.5 Å². The predicted octanol–water partition coefficient (Wildman–Crippen LogP) is 2.57. The first-order valence-electron chi connectivity index (χ1n) is 5.32. The number of phenols is 1. The predicted molar refractivity (Wildman–Crippen MR) is 63.1 cm³/mol. The average Bonchev–Trinajstić information content (AvgIpc) is 2.30. The Kier molecular flexibility index (Phi) is 3.54. The van der Waals surface area contributed by atoms with Crippen molar-refractivity contribution >= 4 is 11.8 Å². The molecule has 0 aliphatic carbocycles. The standard InChI is InChI=1S/C12H16O2S/c13-11-5-3-9(4-6-11)12(14)10-2-1-7-15-8-10/h3-6,10,12-14H,1-2,7-8H2. The molecule has 15 heavy (non-hydrogen) atoms. The summed E-state index contributed by atoms with van der Waals surface area (Å²) in [5.74, 6) is 2.89. The molecule has 82 valence electrons. The van der Waals surface area contributed by atoms with Gasteiger partial charge in [0.2, 0.25) is 0 Å². The zero-order valence-corrected chi connectivity index (χ0v) is 9.41. The maximum absolute atomic E-state index is 10.1. The second-order valence-corrected chi connectivity index (χ2v) is 5.16. The number of rotatable bonds is 2. The lowest BCUT2D eigenvalue weighted by Gasteiger charge is -2.26. The highest BCUT2D eigenvalue weighted by atomic mass is 32.2. The summed E-state index contributed by atoms with van der Waals surface area (Å²) in [5.41, 5.74) is 0.917. The van der Waals surface area contributed by atoms with Crippen molar-refractivity contribution in [2.24, 2.45) is 5.92 Å². The molecule has 2 rings (SSSR count). The van der Waals surface area contributed by atoms with Crippen LogP contribution in [0.4, 0.5) is 0 Å². The highest BCUT2D eigenvalue weighted by Gasteiger charge is 2.23. The van der Waals surface area contributed by atoms with Crippen LogP contribution in [0.2, 0.25) is 0 Å². The number of hydrogen-bond acceptors (Lipinski definition) is 3. The van der Waals surface area contributed by atoms with E-state index in [1.54, 1.807) is 24.3 Å². The molecule has 3 heteroatoms. The maximum atomic E-state index is 10.1. The second-order valence-electron chi connectivity index (χ2n) is 4.01. The van der Waals surface area contributed by atoms with Crippen LogP contribution in [0.1, 0.15) is 24.5 Å². The van der Waals surface area contributed by atoms with Crippen LogP contribution in [0, 0.1) is 5.92 Å². The fourth-order valence-electron chi connectivity index (χ4n) is 1.96. The molecule has 0 radical (unpaired) electrons. The van der Waals surface area contributed by atoms with E-state index in [1.807, 2.05) is 11.8 Å². The quantitative estimate of drug-likeness (QED) is 0.811. The Labute approximate surface area is 94.3 Å². The van der Waals surface area contributed by atoms with E-state index in [9.17, 15) is 5.11 Å². The molecule has 0 spiro atoms. The van der Waals surface area contributed by atoms with Crippen LogP contribution >= 0.6 is 11.8 Å². The molecule has 1 aliphatic rings. The first-order valence-corrected chi connectivity index (χ1v) is 6.47. The minimum absolute atomic E-state index is 0.254. The van der Waals surface area contributed by atoms with Gasteiger partial charge in [0.25, 0.3) is 0 Å². The monoisotopic (exact) mass is 224 g/mol. The fourth-order valence-corrected chi connectivity index (χ4v) is 3.15. The Morgan fingerprint density at radius 1 is 1.27 bits per heavy atom. The minimum Gasteiger partial charge on any atom is -0.508 e. The summed E-state index contributed by atoms with van der Waals surface area (Å²) in [6.45, 7) is 0. The molecular formula is C12H16O2S. The van der Waals surface area contributed by atoms with E-state index in [4.69, 9.17) is 5.11 Å². The number of phenolic OH excluding ortho intramolecular Hbond substituents is 1. The van der Waals surface area contributed by atoms with E-state index < -0.39 is 0 Å². The third kappa shape index (κ3) is 2.67. The minimum atomic E-state index is -0.376. The molecule has 0 aromatic heterocycles. The maximum Gasteiger partial charge on any atom is 0.115 e. The lowest BCUT2D eigenvalue weighted by atomic mass is 9.93. The summed E-state index contributed by atoms with van der Waals surface area (Å²) in [6, 6.07) is 6.88. The van der Waals surface area contributed by atoms with E-state index in [1.165, 1.54) is 12.2 Å². The van der Waals surface area contributed by atoms with Gasteiger partial charge in [0.1, 0.15) is 5.75 Å². The smallest absolute Gasteiger partial charge is 0.115 e. The normalized spacial score (nSPS) is 23.7. The molecule has 0 amide bonds. The van der Waals surface area contributed by atoms with Crippen molar-refractivity contribution in [1.29, 1.82) is 0 Å². The summed E-state index contributed by atoms with van der Waals surface area (Å²) >= 11 is 1.92. The second kappa shape index (κ2) is 4.90. The fraction of sp³-hybridized carbons (Fsp3) is 0.500. The number of hydrogen-bond donors (Lipinski definition) is 2. The third-order valence-corrected chi connectivity index (χ3v) is 4.12. The molecule has 2 nitrogen and oxygen atoms in total. The Morgan fingerprint density at radius 2 is 2.00 bits per heavy atom. The average molecular weight is 224 g/mol. The van der Waals surface area contributed by atoms with Crippen molar-refractivity contribution in [1.82, 2.24) is 0 Å². The Bertz CT molecular complexity index is 304. The largest absolute Gasteiger partial charge is 0.508 e. The van der Waals surface area contributed by atoms with Gasteiger partial charge in [-0.3, -0.25) is 0 Å². The van der Waals surface area contributed by atoms with Crippen molar-refractivity contribution in [2.75, 3.05) is 11.5 Å². The highest BCUT2D eigenvalue weighted by molar-refractivity contribution is 7.99. The van der Waals surface area contributed by atoms with Gasteiger partial charge in [0.05, 0.1) is 6.10 Å². The van der Waals surface area contributed by atoms with E-state index >= 15 is 0 Å². The summed E-state index contributed by atoms with van der Waals surface area (Å²) < 4.78 is 0. The van der Waals surface area contributed by atoms with Crippen LogP contribution in [0.3, 0.4) is 0 Å². The molecule has 1 saturated heterocycles. The van der Waals surface area contributed by atoms with Crippen LogP contribution in [0.25, 0.3) is 0 Å². The molecule has 1 aliphatic heterocycles. The van der Waals surface area contributed by atoms with Gasteiger partial charge in [-0.05, 0) is 48.0 Å². The summed E-state index contributed by atoms with van der Waals surface area (Å²) in [5, 5.41) is 19.3. The summed E-state index contributed by atoms with van der Waals surface area (Å²) in [6.07, 6.45) is 1.93. The van der Waals surface area contributed by atoms with Crippen molar-refractivity contribution in [2.45, 2.75) is 18.9 Å². The molecule has 0 saturated carbocycles. The first kappa shape index (κ1) is 10.8. The molecule has 2 atom stereocenters. The van der Waals surface area contributed by atoms with Gasteiger partial charge in [0.15, 0.2) is 0 Å². The van der Waals surface area contributed by atoms with E-state index in [-0.39, 0.29) is 11.9 Å². The molecule has 1 aromatic rings. The molecule has 1 fully saturated rings. The summed E-state index contributed by atoms with van der Waals surface area (Å²) in [7, 11) is 0. The number of aliphatic hydroxyl groups is 1. The van der Waals surface area contributed by atoms with Gasteiger partial charge in [-0.1, -0.05) is 12.1 Å². The van der Waals surface area contributed by atoms with Gasteiger partial charge in [-0.25, -0.2) is 0 Å². The van der Waals surface area contributed by atoms with Crippen LogP contribution in [-0.4, -0.2) is 21.7 Å². The van der Waals surface area contributed by atoms with E-state index in [2.05, 4.69) is 0 Å². The number of aliphatic hydroxyl groups excluding tert-OH is 1. The first-order chi connectivity index (χ1) is 7.27. The lowest BCUT2D eigenvalue weighted by molar-refractivity contribution is 0.113. The van der Waals surface area contributed by atoms with Gasteiger partial charge in [-0.15, -0.1) is 0 Å².